The zero-order valence-corrected chi connectivity index (χ0v) is 15.0. The molecule has 22 heavy (non-hydrogen) atoms. The molecule has 1 nitrogen and oxygen atoms in total. The summed E-state index contributed by atoms with van der Waals surface area (Å²) in [5, 5.41) is 0. The highest BCUT2D eigenvalue weighted by atomic mass is 15.1. The molecule has 0 bridgehead atoms. The molecule has 1 heteroatoms. The lowest BCUT2D eigenvalue weighted by atomic mass is 9.86. The quantitative estimate of drug-likeness (QED) is 0.668. The Morgan fingerprint density at radius 2 is 1.73 bits per heavy atom. The van der Waals surface area contributed by atoms with Crippen LogP contribution in [-0.2, 0) is 6.54 Å². The van der Waals surface area contributed by atoms with Gasteiger partial charge in [0.2, 0.25) is 0 Å². The van der Waals surface area contributed by atoms with E-state index in [4.69, 9.17) is 0 Å². The number of hydrogen-bond acceptors (Lipinski definition) is 1. The van der Waals surface area contributed by atoms with E-state index in [9.17, 15) is 0 Å². The fourth-order valence-corrected chi connectivity index (χ4v) is 3.40. The Kier molecular flexibility index (Phi) is 5.86. The lowest BCUT2D eigenvalue weighted by Gasteiger charge is -2.31. The Hall–Kier alpha value is -1.08. The molecule has 0 unspecified atom stereocenters. The molecule has 0 amide bonds. The molecule has 2 rings (SSSR count). The number of hydrogen-bond donors (Lipinski definition) is 0. The van der Waals surface area contributed by atoms with E-state index in [1.807, 2.05) is 0 Å². The van der Waals surface area contributed by atoms with Gasteiger partial charge in [0, 0.05) is 6.54 Å². The molecule has 1 aliphatic heterocycles. The summed E-state index contributed by atoms with van der Waals surface area (Å²) in [5.41, 5.74) is 4.28. The maximum Gasteiger partial charge on any atom is 0.0233 e. The van der Waals surface area contributed by atoms with Gasteiger partial charge in [0.05, 0.1) is 0 Å². The molecule has 1 aliphatic rings. The lowest BCUT2D eigenvalue weighted by Crippen LogP contribution is -2.32. The summed E-state index contributed by atoms with van der Waals surface area (Å²) in [6.07, 6.45) is 5.14. The first-order valence-corrected chi connectivity index (χ1v) is 8.87. The lowest BCUT2D eigenvalue weighted by molar-refractivity contribution is 0.175. The molecule has 0 aromatic heterocycles. The number of likely N-dealkylation sites (tertiary alicyclic amines) is 1. The van der Waals surface area contributed by atoms with Gasteiger partial charge in [-0.3, -0.25) is 4.90 Å². The van der Waals surface area contributed by atoms with Gasteiger partial charge in [-0.05, 0) is 60.4 Å². The summed E-state index contributed by atoms with van der Waals surface area (Å²) >= 11 is 0. The Balaban J connectivity index is 1.88. The number of rotatable bonds is 5. The highest BCUT2D eigenvalue weighted by Crippen LogP contribution is 2.29. The molecular weight excluding hydrogens is 266 g/mol. The minimum absolute atomic E-state index is 0.305. The molecule has 1 saturated heterocycles. The van der Waals surface area contributed by atoms with Crippen molar-refractivity contribution in [2.24, 2.45) is 11.3 Å². The van der Waals surface area contributed by atoms with E-state index in [-0.39, 0.29) is 0 Å². The first-order chi connectivity index (χ1) is 10.4. The topological polar surface area (TPSA) is 3.24 Å². The van der Waals surface area contributed by atoms with E-state index in [2.05, 4.69) is 63.4 Å². The van der Waals surface area contributed by atoms with Crippen molar-refractivity contribution >= 4 is 5.57 Å². The standard InChI is InChI=1S/C21H33N/c1-6-18-11-13-22(14-12-18)16-19-7-9-20(10-8-19)17(2)15-21(3,4)5/h7-10,18H,2,6,11-16H2,1,3-5H3. The smallest absolute Gasteiger partial charge is 0.0233 e. The van der Waals surface area contributed by atoms with Crippen LogP contribution in [0.5, 0.6) is 0 Å². The Labute approximate surface area is 137 Å². The highest BCUT2D eigenvalue weighted by molar-refractivity contribution is 5.63. The predicted octanol–water partition coefficient (Wildman–Crippen LogP) is 5.76. The minimum Gasteiger partial charge on any atom is -0.299 e. The van der Waals surface area contributed by atoms with Crippen LogP contribution in [0.15, 0.2) is 30.8 Å². The van der Waals surface area contributed by atoms with Crippen LogP contribution in [0.3, 0.4) is 0 Å². The summed E-state index contributed by atoms with van der Waals surface area (Å²) < 4.78 is 0. The Morgan fingerprint density at radius 1 is 1.14 bits per heavy atom. The van der Waals surface area contributed by atoms with Crippen molar-refractivity contribution in [3.05, 3.63) is 42.0 Å². The van der Waals surface area contributed by atoms with Crippen LogP contribution in [0.4, 0.5) is 0 Å². The number of piperidine rings is 1. The normalized spacial score (nSPS) is 17.6. The van der Waals surface area contributed by atoms with Crippen molar-refractivity contribution < 1.29 is 0 Å². The zero-order valence-electron chi connectivity index (χ0n) is 15.0. The van der Waals surface area contributed by atoms with E-state index < -0.39 is 0 Å². The van der Waals surface area contributed by atoms with Crippen molar-refractivity contribution in [1.82, 2.24) is 4.90 Å². The van der Waals surface area contributed by atoms with Gasteiger partial charge in [-0.15, -0.1) is 0 Å². The van der Waals surface area contributed by atoms with Crippen molar-refractivity contribution in [2.75, 3.05) is 13.1 Å². The third-order valence-electron chi connectivity index (χ3n) is 4.80. The predicted molar refractivity (Wildman–Crippen MR) is 97.8 cm³/mol. The molecule has 1 aromatic carbocycles. The maximum absolute atomic E-state index is 4.26. The fraction of sp³-hybridized carbons (Fsp3) is 0.619. The monoisotopic (exact) mass is 299 g/mol. The highest BCUT2D eigenvalue weighted by Gasteiger charge is 2.18. The summed E-state index contributed by atoms with van der Waals surface area (Å²) in [7, 11) is 0. The molecule has 1 aromatic rings. The first-order valence-electron chi connectivity index (χ1n) is 8.87. The molecule has 0 N–H and O–H groups in total. The molecule has 0 saturated carbocycles. The van der Waals surface area contributed by atoms with Crippen LogP contribution in [0.1, 0.15) is 64.5 Å². The molecule has 0 atom stereocenters. The number of benzene rings is 1. The maximum atomic E-state index is 4.26. The fourth-order valence-electron chi connectivity index (χ4n) is 3.40. The molecular formula is C21H33N. The second-order valence-electron chi connectivity index (χ2n) is 8.17. The summed E-state index contributed by atoms with van der Waals surface area (Å²) in [6.45, 7) is 17.0. The van der Waals surface area contributed by atoms with E-state index in [1.54, 1.807) is 0 Å². The van der Waals surface area contributed by atoms with Gasteiger partial charge in [0.15, 0.2) is 0 Å². The van der Waals surface area contributed by atoms with Crippen LogP contribution in [0, 0.1) is 11.3 Å². The van der Waals surface area contributed by atoms with E-state index in [0.29, 0.717) is 5.41 Å². The van der Waals surface area contributed by atoms with Crippen LogP contribution < -0.4 is 0 Å². The van der Waals surface area contributed by atoms with Gasteiger partial charge < -0.3 is 0 Å². The van der Waals surface area contributed by atoms with E-state index in [0.717, 1.165) is 18.9 Å². The molecule has 0 spiro atoms. The molecule has 1 heterocycles. The summed E-state index contributed by atoms with van der Waals surface area (Å²) in [6, 6.07) is 9.08. The van der Waals surface area contributed by atoms with Crippen LogP contribution in [-0.4, -0.2) is 18.0 Å². The molecule has 122 valence electrons. The second-order valence-corrected chi connectivity index (χ2v) is 8.17. The van der Waals surface area contributed by atoms with Gasteiger partial charge >= 0.3 is 0 Å². The summed E-state index contributed by atoms with van der Waals surface area (Å²) in [4.78, 5) is 2.60. The third kappa shape index (κ3) is 5.28. The third-order valence-corrected chi connectivity index (χ3v) is 4.80. The second kappa shape index (κ2) is 7.46. The van der Waals surface area contributed by atoms with Crippen molar-refractivity contribution in [3.63, 3.8) is 0 Å². The summed E-state index contributed by atoms with van der Waals surface area (Å²) in [5.74, 6) is 0.958. The molecule has 0 aliphatic carbocycles. The van der Waals surface area contributed by atoms with E-state index in [1.165, 1.54) is 49.1 Å². The van der Waals surface area contributed by atoms with Crippen LogP contribution in [0.2, 0.25) is 0 Å². The van der Waals surface area contributed by atoms with Crippen LogP contribution in [0.25, 0.3) is 5.57 Å². The average Bonchev–Trinajstić information content (AvgIpc) is 2.47. The molecule has 1 fully saturated rings. The van der Waals surface area contributed by atoms with Gasteiger partial charge in [-0.2, -0.15) is 0 Å². The van der Waals surface area contributed by atoms with Gasteiger partial charge in [-0.25, -0.2) is 0 Å². The van der Waals surface area contributed by atoms with Crippen molar-refractivity contribution in [1.29, 1.82) is 0 Å². The average molecular weight is 300 g/mol. The van der Waals surface area contributed by atoms with Crippen molar-refractivity contribution in [2.45, 2.75) is 59.9 Å². The van der Waals surface area contributed by atoms with E-state index >= 15 is 0 Å². The Morgan fingerprint density at radius 3 is 2.23 bits per heavy atom. The number of nitrogens with zero attached hydrogens (tertiary/aromatic N) is 1. The van der Waals surface area contributed by atoms with Gasteiger partial charge in [0.1, 0.15) is 0 Å². The molecule has 0 radical (unpaired) electrons. The van der Waals surface area contributed by atoms with Crippen molar-refractivity contribution in [3.8, 4) is 0 Å². The first kappa shape index (κ1) is 17.3. The van der Waals surface area contributed by atoms with Crippen LogP contribution >= 0.6 is 0 Å². The van der Waals surface area contributed by atoms with Gasteiger partial charge in [0.25, 0.3) is 0 Å². The van der Waals surface area contributed by atoms with Gasteiger partial charge in [-0.1, -0.05) is 65.0 Å². The zero-order chi connectivity index (χ0) is 16.2. The number of allylic oxidation sites excluding steroid dienone is 1. The SMILES string of the molecule is C=C(CC(C)(C)C)c1ccc(CN2CCC(CC)CC2)cc1. The largest absolute Gasteiger partial charge is 0.299 e. The minimum atomic E-state index is 0.305. The Bertz CT molecular complexity index is 470.